The van der Waals surface area contributed by atoms with Gasteiger partial charge < -0.3 is 5.32 Å². The fourth-order valence-electron chi connectivity index (χ4n) is 0.378. The zero-order valence-electron chi connectivity index (χ0n) is 4.30. The fourth-order valence-corrected chi connectivity index (χ4v) is 1.18. The van der Waals surface area contributed by atoms with Gasteiger partial charge in [-0.25, -0.2) is 4.98 Å². The highest BCUT2D eigenvalue weighted by atomic mass is 35.5. The van der Waals surface area contributed by atoms with Gasteiger partial charge in [0.05, 0.1) is 6.20 Å². The monoisotopic (exact) mass is 162 g/mol. The zero-order chi connectivity index (χ0) is 6.69. The maximum absolute atomic E-state index is 9.81. The molecule has 0 aromatic carbocycles. The van der Waals surface area contributed by atoms with E-state index in [1.54, 1.807) is 0 Å². The molecule has 0 unspecified atom stereocenters. The van der Waals surface area contributed by atoms with Crippen molar-refractivity contribution >= 4 is 34.3 Å². The average Bonchev–Trinajstić information content (AvgIpc) is 2.17. The smallest absolute Gasteiger partial charge is 0.212 e. The van der Waals surface area contributed by atoms with Crippen LogP contribution < -0.4 is 5.32 Å². The summed E-state index contributed by atoms with van der Waals surface area (Å²) in [6, 6.07) is 0. The zero-order valence-corrected chi connectivity index (χ0v) is 5.87. The maximum atomic E-state index is 9.81. The quantitative estimate of drug-likeness (QED) is 0.668. The molecule has 9 heavy (non-hydrogen) atoms. The number of carbonyl (C=O) groups excluding carboxylic acids is 1. The molecule has 0 saturated carbocycles. The van der Waals surface area contributed by atoms with Gasteiger partial charge in [-0.15, -0.1) is 0 Å². The SMILES string of the molecule is O=CNc1cnc(Cl)s1. The van der Waals surface area contributed by atoms with Crippen molar-refractivity contribution in [3.05, 3.63) is 10.7 Å². The van der Waals surface area contributed by atoms with E-state index < -0.39 is 0 Å². The maximum Gasteiger partial charge on any atom is 0.212 e. The van der Waals surface area contributed by atoms with Crippen LogP contribution in [0.3, 0.4) is 0 Å². The lowest BCUT2D eigenvalue weighted by Gasteiger charge is -1.83. The minimum atomic E-state index is 0.430. The third-order valence-electron chi connectivity index (χ3n) is 0.679. The number of aromatic nitrogens is 1. The molecule has 1 aromatic heterocycles. The van der Waals surface area contributed by atoms with E-state index >= 15 is 0 Å². The number of hydrogen-bond acceptors (Lipinski definition) is 3. The molecule has 0 fully saturated rings. The summed E-state index contributed by atoms with van der Waals surface area (Å²) in [5, 5.41) is 3.08. The third-order valence-corrected chi connectivity index (χ3v) is 1.72. The highest BCUT2D eigenvalue weighted by molar-refractivity contribution is 7.19. The molecule has 48 valence electrons. The lowest BCUT2D eigenvalue weighted by molar-refractivity contribution is -0.105. The molecule has 3 nitrogen and oxygen atoms in total. The van der Waals surface area contributed by atoms with E-state index in [4.69, 9.17) is 11.6 Å². The molecule has 1 amide bonds. The molecular formula is C4H3ClN2OS. The van der Waals surface area contributed by atoms with Crippen LogP contribution >= 0.6 is 22.9 Å². The van der Waals surface area contributed by atoms with Crippen molar-refractivity contribution in [3.63, 3.8) is 0 Å². The first-order chi connectivity index (χ1) is 4.33. The summed E-state index contributed by atoms with van der Waals surface area (Å²) in [6.07, 6.45) is 2.09. The van der Waals surface area contributed by atoms with Crippen LogP contribution in [0.25, 0.3) is 0 Å². The molecule has 1 rings (SSSR count). The summed E-state index contributed by atoms with van der Waals surface area (Å²) in [5.74, 6) is 0. The van der Waals surface area contributed by atoms with Crippen LogP contribution in [-0.2, 0) is 4.79 Å². The van der Waals surface area contributed by atoms with Gasteiger partial charge in [0.15, 0.2) is 4.47 Å². The number of rotatable bonds is 2. The van der Waals surface area contributed by atoms with Gasteiger partial charge in [0.1, 0.15) is 5.00 Å². The molecule has 0 aliphatic heterocycles. The molecule has 5 heteroatoms. The molecule has 0 bridgehead atoms. The van der Waals surface area contributed by atoms with E-state index in [0.29, 0.717) is 15.9 Å². The first kappa shape index (κ1) is 6.51. The van der Waals surface area contributed by atoms with E-state index in [1.165, 1.54) is 17.5 Å². The van der Waals surface area contributed by atoms with Crippen molar-refractivity contribution in [1.29, 1.82) is 0 Å². The Bertz CT molecular complexity index is 212. The van der Waals surface area contributed by atoms with Gasteiger partial charge in [0.25, 0.3) is 0 Å². The Morgan fingerprint density at radius 2 is 2.67 bits per heavy atom. The van der Waals surface area contributed by atoms with Gasteiger partial charge in [-0.05, 0) is 0 Å². The van der Waals surface area contributed by atoms with Crippen molar-refractivity contribution < 1.29 is 4.79 Å². The van der Waals surface area contributed by atoms with Crippen LogP contribution in [0.1, 0.15) is 0 Å². The molecule has 1 aromatic rings. The predicted octanol–water partition coefficient (Wildman–Crippen LogP) is 1.36. The molecule has 0 saturated heterocycles. The number of nitrogens with one attached hydrogen (secondary N) is 1. The Balaban J connectivity index is 2.72. The van der Waals surface area contributed by atoms with Crippen molar-refractivity contribution in [1.82, 2.24) is 4.98 Å². The van der Waals surface area contributed by atoms with Gasteiger partial charge in [-0.3, -0.25) is 4.79 Å². The van der Waals surface area contributed by atoms with Crippen LogP contribution in [0.5, 0.6) is 0 Å². The Morgan fingerprint density at radius 1 is 1.89 bits per heavy atom. The van der Waals surface area contributed by atoms with E-state index in [9.17, 15) is 4.79 Å². The lowest BCUT2D eigenvalue weighted by Crippen LogP contribution is -1.88. The topological polar surface area (TPSA) is 42.0 Å². The summed E-state index contributed by atoms with van der Waals surface area (Å²) < 4.78 is 0.430. The number of anilines is 1. The first-order valence-corrected chi connectivity index (χ1v) is 3.34. The molecule has 0 spiro atoms. The largest absolute Gasteiger partial charge is 0.319 e. The number of hydrogen-bond donors (Lipinski definition) is 1. The minimum absolute atomic E-state index is 0.430. The number of thiazole rings is 1. The number of carbonyl (C=O) groups is 1. The van der Waals surface area contributed by atoms with Gasteiger partial charge in [0.2, 0.25) is 6.41 Å². The Labute approximate surface area is 60.7 Å². The summed E-state index contributed by atoms with van der Waals surface area (Å²) in [4.78, 5) is 13.5. The van der Waals surface area contributed by atoms with Crippen molar-refractivity contribution in [2.24, 2.45) is 0 Å². The highest BCUT2D eigenvalue weighted by Gasteiger charge is 1.94. The predicted molar refractivity (Wildman–Crippen MR) is 36.8 cm³/mol. The Hall–Kier alpha value is -0.610. The van der Waals surface area contributed by atoms with Crippen LogP contribution in [0.2, 0.25) is 4.47 Å². The molecule has 1 N–H and O–H groups in total. The van der Waals surface area contributed by atoms with Gasteiger partial charge in [-0.2, -0.15) is 0 Å². The van der Waals surface area contributed by atoms with Crippen LogP contribution in [-0.4, -0.2) is 11.4 Å². The molecule has 0 atom stereocenters. The summed E-state index contributed by atoms with van der Waals surface area (Å²) in [7, 11) is 0. The van der Waals surface area contributed by atoms with Crippen LogP contribution in [0.4, 0.5) is 5.00 Å². The highest BCUT2D eigenvalue weighted by Crippen LogP contribution is 2.21. The Kier molecular flexibility index (Phi) is 2.02. The molecule has 1 heterocycles. The van der Waals surface area contributed by atoms with Crippen molar-refractivity contribution in [2.45, 2.75) is 0 Å². The van der Waals surface area contributed by atoms with Crippen LogP contribution in [0.15, 0.2) is 6.20 Å². The van der Waals surface area contributed by atoms with Crippen molar-refractivity contribution in [2.75, 3.05) is 5.32 Å². The van der Waals surface area contributed by atoms with Crippen molar-refractivity contribution in [3.8, 4) is 0 Å². The second-order valence-corrected chi connectivity index (χ2v) is 2.85. The summed E-state index contributed by atoms with van der Waals surface area (Å²) >= 11 is 6.67. The normalized spacial score (nSPS) is 9.00. The minimum Gasteiger partial charge on any atom is -0.319 e. The van der Waals surface area contributed by atoms with Gasteiger partial charge >= 0.3 is 0 Å². The molecule has 0 aliphatic carbocycles. The summed E-state index contributed by atoms with van der Waals surface area (Å²) in [5.41, 5.74) is 0. The van der Waals surface area contributed by atoms with Gasteiger partial charge in [0, 0.05) is 0 Å². The molecule has 0 aliphatic rings. The van der Waals surface area contributed by atoms with E-state index in [1.807, 2.05) is 0 Å². The third kappa shape index (κ3) is 1.65. The average molecular weight is 163 g/mol. The lowest BCUT2D eigenvalue weighted by atomic mass is 10.8. The molecular weight excluding hydrogens is 160 g/mol. The summed E-state index contributed by atoms with van der Waals surface area (Å²) in [6.45, 7) is 0. The fraction of sp³-hybridized carbons (Fsp3) is 0. The Morgan fingerprint density at radius 3 is 3.11 bits per heavy atom. The molecule has 0 radical (unpaired) electrons. The number of amides is 1. The number of nitrogens with zero attached hydrogens (tertiary/aromatic N) is 1. The second kappa shape index (κ2) is 2.80. The second-order valence-electron chi connectivity index (χ2n) is 1.24. The number of halogens is 1. The first-order valence-electron chi connectivity index (χ1n) is 2.14. The van der Waals surface area contributed by atoms with E-state index in [2.05, 4.69) is 10.3 Å². The van der Waals surface area contributed by atoms with Gasteiger partial charge in [-0.1, -0.05) is 22.9 Å². The van der Waals surface area contributed by atoms with E-state index in [0.717, 1.165) is 0 Å². The van der Waals surface area contributed by atoms with E-state index in [-0.39, 0.29) is 0 Å². The van der Waals surface area contributed by atoms with Crippen LogP contribution in [0, 0.1) is 0 Å². The standard InChI is InChI=1S/C4H3ClN2OS/c5-4-6-1-3(9-4)7-2-8/h1-2H,(H,7,8).